The smallest absolute Gasteiger partial charge is 0.0689 e. The quantitative estimate of drug-likeness (QED) is 0.437. The van der Waals surface area contributed by atoms with E-state index in [1.54, 1.807) is 6.20 Å². The molecule has 1 heterocycles. The third-order valence-electron chi connectivity index (χ3n) is 4.60. The van der Waals surface area contributed by atoms with Crippen LogP contribution in [-0.2, 0) is 5.41 Å². The molecule has 0 amide bonds. The van der Waals surface area contributed by atoms with Crippen LogP contribution in [0, 0.1) is 0 Å². The highest BCUT2D eigenvalue weighted by atomic mass is 15.1. The zero-order valence-electron chi connectivity index (χ0n) is 14.4. The summed E-state index contributed by atoms with van der Waals surface area (Å²) in [6.07, 6.45) is 16.4. The Morgan fingerprint density at radius 2 is 1.43 bits per heavy atom. The van der Waals surface area contributed by atoms with E-state index in [4.69, 9.17) is 0 Å². The van der Waals surface area contributed by atoms with Crippen molar-refractivity contribution in [1.29, 1.82) is 0 Å². The molecule has 0 aliphatic heterocycles. The number of hydrogen-bond donors (Lipinski definition) is 0. The maximum absolute atomic E-state index is 4.41. The van der Waals surface area contributed by atoms with E-state index >= 15 is 0 Å². The summed E-state index contributed by atoms with van der Waals surface area (Å²) in [5, 5.41) is 8.52. The maximum Gasteiger partial charge on any atom is 0.0689 e. The van der Waals surface area contributed by atoms with E-state index in [-0.39, 0.29) is 5.41 Å². The molecule has 1 aromatic heterocycles. The minimum atomic E-state index is 0.216. The molecule has 1 rings (SSSR count). The number of aromatic nitrogens is 2. The van der Waals surface area contributed by atoms with Crippen molar-refractivity contribution in [3.05, 3.63) is 24.0 Å². The Hall–Kier alpha value is -0.920. The first-order valence-electron chi connectivity index (χ1n) is 9.01. The molecule has 0 aliphatic carbocycles. The van der Waals surface area contributed by atoms with Crippen LogP contribution >= 0.6 is 0 Å². The second kappa shape index (κ2) is 10.8. The van der Waals surface area contributed by atoms with E-state index < -0.39 is 0 Å². The van der Waals surface area contributed by atoms with E-state index in [0.717, 1.165) is 0 Å². The van der Waals surface area contributed by atoms with E-state index in [0.29, 0.717) is 0 Å². The second-order valence-electron chi connectivity index (χ2n) is 6.64. The fourth-order valence-electron chi connectivity index (χ4n) is 3.07. The lowest BCUT2D eigenvalue weighted by Gasteiger charge is -2.29. The largest absolute Gasteiger partial charge is 0.159 e. The van der Waals surface area contributed by atoms with Crippen LogP contribution in [0.2, 0.25) is 0 Å². The molecule has 0 saturated heterocycles. The van der Waals surface area contributed by atoms with Crippen molar-refractivity contribution in [1.82, 2.24) is 10.2 Å². The van der Waals surface area contributed by atoms with Gasteiger partial charge in [0.2, 0.25) is 0 Å². The van der Waals surface area contributed by atoms with Crippen molar-refractivity contribution in [3.8, 4) is 0 Å². The van der Waals surface area contributed by atoms with Crippen LogP contribution in [0.25, 0.3) is 0 Å². The van der Waals surface area contributed by atoms with Gasteiger partial charge in [0, 0.05) is 11.6 Å². The molecule has 2 nitrogen and oxygen atoms in total. The molecule has 0 radical (unpaired) electrons. The summed E-state index contributed by atoms with van der Waals surface area (Å²) in [6.45, 7) is 6.94. The summed E-state index contributed by atoms with van der Waals surface area (Å²) in [5.41, 5.74) is 1.41. The molecule has 120 valence electrons. The van der Waals surface area contributed by atoms with Crippen LogP contribution in [0.5, 0.6) is 0 Å². The van der Waals surface area contributed by atoms with Crippen LogP contribution in [0.4, 0.5) is 0 Å². The Morgan fingerprint density at radius 1 is 0.857 bits per heavy atom. The lowest BCUT2D eigenvalue weighted by Crippen LogP contribution is -2.24. The first kappa shape index (κ1) is 18.1. The van der Waals surface area contributed by atoms with Gasteiger partial charge in [0.25, 0.3) is 0 Å². The minimum absolute atomic E-state index is 0.216. The lowest BCUT2D eigenvalue weighted by molar-refractivity contribution is 0.352. The molecule has 0 aromatic carbocycles. The Morgan fingerprint density at radius 3 is 1.95 bits per heavy atom. The van der Waals surface area contributed by atoms with Gasteiger partial charge in [-0.1, -0.05) is 78.6 Å². The summed E-state index contributed by atoms with van der Waals surface area (Å²) in [4.78, 5) is 0. The van der Waals surface area contributed by atoms with E-state index in [2.05, 4.69) is 37.0 Å². The van der Waals surface area contributed by atoms with Gasteiger partial charge in [-0.2, -0.15) is 10.2 Å². The van der Waals surface area contributed by atoms with E-state index in [1.165, 1.54) is 76.3 Å². The Labute approximate surface area is 131 Å². The predicted octanol–water partition coefficient (Wildman–Crippen LogP) is 6.07. The van der Waals surface area contributed by atoms with Crippen molar-refractivity contribution in [2.45, 2.75) is 96.8 Å². The van der Waals surface area contributed by atoms with Crippen LogP contribution in [-0.4, -0.2) is 10.2 Å². The molecule has 2 heteroatoms. The van der Waals surface area contributed by atoms with Gasteiger partial charge in [-0.05, 0) is 25.0 Å². The fourth-order valence-corrected chi connectivity index (χ4v) is 3.07. The third-order valence-corrected chi connectivity index (χ3v) is 4.60. The first-order valence-corrected chi connectivity index (χ1v) is 9.01. The molecule has 0 fully saturated rings. The normalized spacial score (nSPS) is 14.0. The number of rotatable bonds is 12. The highest BCUT2D eigenvalue weighted by Crippen LogP contribution is 2.34. The Balaban J connectivity index is 2.52. The van der Waals surface area contributed by atoms with Gasteiger partial charge >= 0.3 is 0 Å². The van der Waals surface area contributed by atoms with Crippen LogP contribution in [0.3, 0.4) is 0 Å². The van der Waals surface area contributed by atoms with Crippen molar-refractivity contribution in [3.63, 3.8) is 0 Å². The standard InChI is InChI=1S/C19H34N2/c1-4-6-8-10-12-16-19(3,15-11-9-7-5-2)18-14-13-17-20-21-18/h13-14,17H,4-12,15-16H2,1-3H3. The molecule has 0 N–H and O–H groups in total. The second-order valence-corrected chi connectivity index (χ2v) is 6.64. The van der Waals surface area contributed by atoms with Crippen LogP contribution < -0.4 is 0 Å². The Bertz CT molecular complexity index is 350. The number of unbranched alkanes of at least 4 members (excludes halogenated alkanes) is 7. The summed E-state index contributed by atoms with van der Waals surface area (Å²) in [6, 6.07) is 4.20. The van der Waals surface area contributed by atoms with E-state index in [9.17, 15) is 0 Å². The van der Waals surface area contributed by atoms with Crippen molar-refractivity contribution >= 4 is 0 Å². The fraction of sp³-hybridized carbons (Fsp3) is 0.789. The van der Waals surface area contributed by atoms with Gasteiger partial charge in [-0.3, -0.25) is 0 Å². The minimum Gasteiger partial charge on any atom is -0.159 e. The van der Waals surface area contributed by atoms with Crippen molar-refractivity contribution < 1.29 is 0 Å². The summed E-state index contributed by atoms with van der Waals surface area (Å²) in [7, 11) is 0. The van der Waals surface area contributed by atoms with Crippen molar-refractivity contribution in [2.24, 2.45) is 0 Å². The highest BCUT2D eigenvalue weighted by Gasteiger charge is 2.27. The lowest BCUT2D eigenvalue weighted by atomic mass is 9.77. The molecule has 0 spiro atoms. The predicted molar refractivity (Wildman–Crippen MR) is 91.5 cm³/mol. The molecular formula is C19H34N2. The zero-order valence-corrected chi connectivity index (χ0v) is 14.4. The van der Waals surface area contributed by atoms with Gasteiger partial charge in [-0.15, -0.1) is 0 Å². The van der Waals surface area contributed by atoms with Gasteiger partial charge in [-0.25, -0.2) is 0 Å². The molecule has 0 saturated carbocycles. The van der Waals surface area contributed by atoms with Gasteiger partial charge in [0.05, 0.1) is 5.69 Å². The molecule has 1 unspecified atom stereocenters. The van der Waals surface area contributed by atoms with Gasteiger partial charge < -0.3 is 0 Å². The zero-order chi connectivity index (χ0) is 15.4. The van der Waals surface area contributed by atoms with Crippen LogP contribution in [0.1, 0.15) is 97.1 Å². The monoisotopic (exact) mass is 290 g/mol. The van der Waals surface area contributed by atoms with Gasteiger partial charge in [0.1, 0.15) is 0 Å². The molecule has 0 aliphatic rings. The SMILES string of the molecule is CCCCCCCC(C)(CCCCCC)c1cccnn1. The number of hydrogen-bond acceptors (Lipinski definition) is 2. The topological polar surface area (TPSA) is 25.8 Å². The highest BCUT2D eigenvalue weighted by molar-refractivity contribution is 5.13. The van der Waals surface area contributed by atoms with Gasteiger partial charge in [0.15, 0.2) is 0 Å². The number of nitrogens with zero attached hydrogens (tertiary/aromatic N) is 2. The molecule has 21 heavy (non-hydrogen) atoms. The third kappa shape index (κ3) is 7.06. The summed E-state index contributed by atoms with van der Waals surface area (Å²) < 4.78 is 0. The molecular weight excluding hydrogens is 256 g/mol. The van der Waals surface area contributed by atoms with E-state index in [1.807, 2.05) is 6.07 Å². The Kier molecular flexibility index (Phi) is 9.29. The van der Waals surface area contributed by atoms with Crippen molar-refractivity contribution in [2.75, 3.05) is 0 Å². The molecule has 1 aromatic rings. The van der Waals surface area contributed by atoms with Crippen LogP contribution in [0.15, 0.2) is 18.3 Å². The molecule has 0 bridgehead atoms. The maximum atomic E-state index is 4.41. The average Bonchev–Trinajstić information content (AvgIpc) is 2.52. The summed E-state index contributed by atoms with van der Waals surface area (Å²) >= 11 is 0. The first-order chi connectivity index (χ1) is 10.2. The molecule has 1 atom stereocenters. The average molecular weight is 290 g/mol. The summed E-state index contributed by atoms with van der Waals surface area (Å²) in [5.74, 6) is 0.